The van der Waals surface area contributed by atoms with Gasteiger partial charge in [-0.05, 0) is 67.2 Å². The Morgan fingerprint density at radius 2 is 2.05 bits per heavy atom. The first kappa shape index (κ1) is 28.8. The number of rotatable bonds is 7. The highest BCUT2D eigenvalue weighted by Crippen LogP contribution is 2.38. The summed E-state index contributed by atoms with van der Waals surface area (Å²) >= 11 is 6.46. The molecular formula is C33H32ClFN6O2. The molecule has 2 atom stereocenters. The van der Waals surface area contributed by atoms with Gasteiger partial charge in [-0.2, -0.15) is 9.97 Å². The fourth-order valence-corrected chi connectivity index (χ4v) is 6.47. The molecule has 3 heterocycles. The first-order valence-corrected chi connectivity index (χ1v) is 14.8. The van der Waals surface area contributed by atoms with Crippen molar-refractivity contribution in [3.8, 4) is 17.1 Å². The zero-order chi connectivity index (χ0) is 30.1. The van der Waals surface area contributed by atoms with Crippen LogP contribution in [0.3, 0.4) is 0 Å². The number of carbonyl (C=O) groups is 1. The number of fused-ring (bicyclic) bond motifs is 2. The van der Waals surface area contributed by atoms with E-state index in [-0.39, 0.29) is 29.5 Å². The standard InChI is InChI=1S/C33H32ClFN6O2/c1-4-29(42)41-16-15-40(19-24(41)18-36-2)32-26-12-10-22(25-9-5-7-21-11-13-27(35)31(34)30(21)25)17-28(26)37-33(38-32)43-20-23-8-6-14-39(23)3/h4-5,7,9-13,17,23-24H,1,6,8,14-16,18-20H2,3H3/t23-,24-/m0/s1. The number of amides is 1. The van der Waals surface area contributed by atoms with Gasteiger partial charge in [0.2, 0.25) is 12.5 Å². The molecule has 4 aromatic rings. The monoisotopic (exact) mass is 598 g/mol. The Morgan fingerprint density at radius 1 is 1.19 bits per heavy atom. The van der Waals surface area contributed by atoms with Crippen molar-refractivity contribution in [2.24, 2.45) is 0 Å². The molecule has 43 heavy (non-hydrogen) atoms. The zero-order valence-electron chi connectivity index (χ0n) is 24.0. The molecule has 6 rings (SSSR count). The number of anilines is 1. The fraction of sp³-hybridized carbons (Fsp3) is 0.333. The molecule has 0 aliphatic carbocycles. The third kappa shape index (κ3) is 5.61. The predicted octanol–water partition coefficient (Wildman–Crippen LogP) is 5.84. The summed E-state index contributed by atoms with van der Waals surface area (Å²) in [6, 6.07) is 15.0. The molecule has 1 amide bonds. The number of benzene rings is 3. The highest BCUT2D eigenvalue weighted by atomic mass is 35.5. The van der Waals surface area contributed by atoms with Gasteiger partial charge in [-0.15, -0.1) is 0 Å². The Labute approximate surface area is 255 Å². The summed E-state index contributed by atoms with van der Waals surface area (Å²) in [6.07, 6.45) is 3.48. The average molecular weight is 599 g/mol. The van der Waals surface area contributed by atoms with Crippen LogP contribution in [0.2, 0.25) is 5.02 Å². The van der Waals surface area contributed by atoms with E-state index in [9.17, 15) is 9.18 Å². The van der Waals surface area contributed by atoms with E-state index in [1.807, 2.05) is 36.4 Å². The quantitative estimate of drug-likeness (QED) is 0.197. The molecule has 2 aliphatic rings. The maximum absolute atomic E-state index is 14.5. The lowest BCUT2D eigenvalue weighted by Gasteiger charge is -2.39. The maximum Gasteiger partial charge on any atom is 0.319 e. The second-order valence-electron chi connectivity index (χ2n) is 11.1. The van der Waals surface area contributed by atoms with Crippen LogP contribution in [0.4, 0.5) is 10.2 Å². The van der Waals surface area contributed by atoms with Gasteiger partial charge in [-0.25, -0.2) is 11.0 Å². The van der Waals surface area contributed by atoms with Crippen LogP contribution >= 0.6 is 11.6 Å². The van der Waals surface area contributed by atoms with E-state index >= 15 is 0 Å². The molecule has 2 saturated heterocycles. The average Bonchev–Trinajstić information content (AvgIpc) is 3.44. The number of hydrogen-bond acceptors (Lipinski definition) is 6. The van der Waals surface area contributed by atoms with Crippen molar-refractivity contribution in [3.63, 3.8) is 0 Å². The highest BCUT2D eigenvalue weighted by molar-refractivity contribution is 6.36. The third-order valence-electron chi connectivity index (χ3n) is 8.52. The number of halogens is 2. The minimum absolute atomic E-state index is 0.0825. The van der Waals surface area contributed by atoms with Crippen LogP contribution in [-0.4, -0.2) is 84.1 Å². The number of hydrogen-bond donors (Lipinski definition) is 0. The second-order valence-corrected chi connectivity index (χ2v) is 11.5. The van der Waals surface area contributed by atoms with E-state index in [0.29, 0.717) is 49.0 Å². The molecule has 2 aliphatic heterocycles. The van der Waals surface area contributed by atoms with Gasteiger partial charge >= 0.3 is 6.01 Å². The lowest BCUT2D eigenvalue weighted by molar-refractivity contribution is -0.128. The predicted molar refractivity (Wildman–Crippen MR) is 168 cm³/mol. The van der Waals surface area contributed by atoms with E-state index in [1.54, 1.807) is 11.0 Å². The number of ether oxygens (including phenoxy) is 1. The van der Waals surface area contributed by atoms with Crippen LogP contribution in [0.25, 0.3) is 37.6 Å². The van der Waals surface area contributed by atoms with Crippen molar-refractivity contribution in [2.45, 2.75) is 24.9 Å². The van der Waals surface area contributed by atoms with Crippen LogP contribution in [-0.2, 0) is 4.79 Å². The Morgan fingerprint density at radius 3 is 2.81 bits per heavy atom. The summed E-state index contributed by atoms with van der Waals surface area (Å²) in [5.41, 5.74) is 2.31. The molecule has 3 aromatic carbocycles. The van der Waals surface area contributed by atoms with Crippen molar-refractivity contribution in [3.05, 3.63) is 83.4 Å². The summed E-state index contributed by atoms with van der Waals surface area (Å²) in [5.74, 6) is 0.0389. The summed E-state index contributed by atoms with van der Waals surface area (Å²) < 4.78 is 20.7. The van der Waals surface area contributed by atoms with Crippen molar-refractivity contribution in [2.75, 3.05) is 51.3 Å². The van der Waals surface area contributed by atoms with Crippen molar-refractivity contribution >= 4 is 45.0 Å². The topological polar surface area (TPSA) is 66.2 Å². The molecule has 8 nitrogen and oxygen atoms in total. The van der Waals surface area contributed by atoms with Gasteiger partial charge in [0.1, 0.15) is 24.3 Å². The van der Waals surface area contributed by atoms with Crippen LogP contribution in [0.15, 0.2) is 61.2 Å². The molecule has 2 fully saturated rings. The minimum Gasteiger partial charge on any atom is -0.462 e. The summed E-state index contributed by atoms with van der Waals surface area (Å²) in [7, 11) is 2.10. The smallest absolute Gasteiger partial charge is 0.319 e. The van der Waals surface area contributed by atoms with Crippen LogP contribution in [0, 0.1) is 12.4 Å². The van der Waals surface area contributed by atoms with Gasteiger partial charge in [0.15, 0.2) is 0 Å². The molecule has 220 valence electrons. The molecule has 1 aromatic heterocycles. The van der Waals surface area contributed by atoms with E-state index in [2.05, 4.69) is 28.3 Å². The van der Waals surface area contributed by atoms with Crippen LogP contribution in [0.5, 0.6) is 6.01 Å². The first-order valence-electron chi connectivity index (χ1n) is 14.4. The largest absolute Gasteiger partial charge is 0.462 e. The Bertz CT molecular complexity index is 1760. The van der Waals surface area contributed by atoms with Crippen molar-refractivity contribution < 1.29 is 13.9 Å². The SMILES string of the molecule is [C-]#[N+]C[C@H]1CN(c2nc(OC[C@@H]3CCCN3C)nc3cc(-c4cccc5ccc(F)c(Cl)c45)ccc23)CCN1C(=O)C=C. The lowest BCUT2D eigenvalue weighted by Crippen LogP contribution is -2.56. The molecule has 0 radical (unpaired) electrons. The number of likely N-dealkylation sites (N-methyl/N-ethyl adjacent to an activating group) is 1. The normalized spacial score (nSPS) is 19.1. The molecule has 10 heteroatoms. The molecule has 0 bridgehead atoms. The summed E-state index contributed by atoms with van der Waals surface area (Å²) in [4.78, 5) is 31.9. The van der Waals surface area contributed by atoms with Gasteiger partial charge in [0, 0.05) is 36.4 Å². The third-order valence-corrected chi connectivity index (χ3v) is 8.89. The van der Waals surface area contributed by atoms with Gasteiger partial charge < -0.3 is 24.3 Å². The highest BCUT2D eigenvalue weighted by Gasteiger charge is 2.33. The maximum atomic E-state index is 14.5. The Balaban J connectivity index is 1.43. The van der Waals surface area contributed by atoms with Gasteiger partial charge in [-0.3, -0.25) is 4.79 Å². The van der Waals surface area contributed by atoms with Crippen molar-refractivity contribution in [1.29, 1.82) is 0 Å². The molecule has 0 N–H and O–H groups in total. The van der Waals surface area contributed by atoms with E-state index in [1.165, 1.54) is 12.1 Å². The number of piperazine rings is 1. The summed E-state index contributed by atoms with van der Waals surface area (Å²) in [5, 5.41) is 2.38. The second kappa shape index (κ2) is 12.2. The number of likely N-dealkylation sites (tertiary alicyclic amines) is 1. The zero-order valence-corrected chi connectivity index (χ0v) is 24.7. The Hall–Kier alpha value is -4.26. The summed E-state index contributed by atoms with van der Waals surface area (Å²) in [6.45, 7) is 14.2. The molecule has 0 saturated carbocycles. The van der Waals surface area contributed by atoms with E-state index in [0.717, 1.165) is 41.3 Å². The molecule has 0 spiro atoms. The lowest BCUT2D eigenvalue weighted by atomic mass is 9.97. The minimum atomic E-state index is -0.470. The number of nitrogens with zero attached hydrogens (tertiary/aromatic N) is 6. The number of aromatic nitrogens is 2. The van der Waals surface area contributed by atoms with E-state index in [4.69, 9.17) is 32.9 Å². The van der Waals surface area contributed by atoms with Gasteiger partial charge in [0.05, 0.1) is 10.5 Å². The Kier molecular flexibility index (Phi) is 8.15. The van der Waals surface area contributed by atoms with Gasteiger partial charge in [0.25, 0.3) is 0 Å². The van der Waals surface area contributed by atoms with Gasteiger partial charge in [-0.1, -0.05) is 48.5 Å². The fourth-order valence-electron chi connectivity index (χ4n) is 6.19. The van der Waals surface area contributed by atoms with E-state index < -0.39 is 5.82 Å². The first-order chi connectivity index (χ1) is 20.9. The number of carbonyl (C=O) groups excluding carboxylic acids is 1. The van der Waals surface area contributed by atoms with Crippen molar-refractivity contribution in [1.82, 2.24) is 19.8 Å². The van der Waals surface area contributed by atoms with Crippen LogP contribution < -0.4 is 9.64 Å². The molecule has 0 unspecified atom stereocenters. The van der Waals surface area contributed by atoms with Crippen LogP contribution in [0.1, 0.15) is 12.8 Å². The molecular weight excluding hydrogens is 567 g/mol.